The molecule has 1 saturated heterocycles. The van der Waals surface area contributed by atoms with Crippen LogP contribution in [0.5, 0.6) is 0 Å². The summed E-state index contributed by atoms with van der Waals surface area (Å²) in [6, 6.07) is 4.02. The first kappa shape index (κ1) is 18.9. The van der Waals surface area contributed by atoms with E-state index in [-0.39, 0.29) is 27.9 Å². The lowest BCUT2D eigenvalue weighted by atomic mass is 9.49. The minimum atomic E-state index is -0.193. The number of aromatic nitrogens is 1. The summed E-state index contributed by atoms with van der Waals surface area (Å²) < 4.78 is 6.00. The molecule has 1 aromatic rings. The number of ether oxygens (including phenoxy) is 1. The van der Waals surface area contributed by atoms with E-state index in [1.807, 2.05) is 18.3 Å². The monoisotopic (exact) mass is 447 g/mol. The lowest BCUT2D eigenvalue weighted by Crippen LogP contribution is -2.57. The summed E-state index contributed by atoms with van der Waals surface area (Å²) in [6.45, 7) is 5.89. The van der Waals surface area contributed by atoms with Gasteiger partial charge in [0, 0.05) is 17.4 Å². The molecule has 152 valence electrons. The summed E-state index contributed by atoms with van der Waals surface area (Å²) in [7, 11) is 0. The van der Waals surface area contributed by atoms with Crippen molar-refractivity contribution >= 4 is 33.3 Å². The highest BCUT2D eigenvalue weighted by atomic mass is 79.9. The molecule has 0 aromatic carbocycles. The Labute approximate surface area is 175 Å². The van der Waals surface area contributed by atoms with Gasteiger partial charge < -0.3 is 15.0 Å². The topological polar surface area (TPSA) is 54.5 Å². The minimum absolute atomic E-state index is 0.193. The van der Waals surface area contributed by atoms with Crippen LogP contribution < -0.4 is 10.2 Å². The van der Waals surface area contributed by atoms with Crippen molar-refractivity contribution in [1.29, 1.82) is 0 Å². The molecule has 5 nitrogen and oxygen atoms in total. The maximum absolute atomic E-state index is 13.3. The summed E-state index contributed by atoms with van der Waals surface area (Å²) >= 11 is 4.00. The van der Waals surface area contributed by atoms with Gasteiger partial charge in [0.2, 0.25) is 5.91 Å². The quantitative estimate of drug-likeness (QED) is 0.698. The number of nitrogens with one attached hydrogen (secondary N) is 1. The number of carbonyl (C=O) groups excluding carboxylic acids is 1. The van der Waals surface area contributed by atoms with Crippen molar-refractivity contribution in [3.8, 4) is 0 Å². The van der Waals surface area contributed by atoms with Crippen LogP contribution in [-0.4, -0.2) is 40.5 Å². The van der Waals surface area contributed by atoms with Gasteiger partial charge in [0.1, 0.15) is 5.82 Å². The Hall–Kier alpha value is -1.14. The molecular weight excluding hydrogens is 418 g/mol. The molecule has 0 radical (unpaired) electrons. The van der Waals surface area contributed by atoms with Gasteiger partial charge in [-0.05, 0) is 76.3 Å². The van der Waals surface area contributed by atoms with Crippen LogP contribution >= 0.6 is 15.9 Å². The number of hydrogen-bond acceptors (Lipinski definition) is 4. The largest absolute Gasteiger partial charge is 0.372 e. The van der Waals surface area contributed by atoms with E-state index >= 15 is 0 Å². The molecule has 1 aromatic heterocycles. The number of amides is 1. The van der Waals surface area contributed by atoms with Gasteiger partial charge in [-0.25, -0.2) is 4.98 Å². The van der Waals surface area contributed by atoms with Crippen molar-refractivity contribution in [2.45, 2.75) is 68.9 Å². The number of pyridine rings is 1. The molecular formula is C22H30BrN3O2. The Kier molecular flexibility index (Phi) is 4.51. The molecule has 6 rings (SSSR count). The first-order valence-electron chi connectivity index (χ1n) is 10.7. The van der Waals surface area contributed by atoms with E-state index in [4.69, 9.17) is 4.74 Å². The maximum Gasteiger partial charge on any atom is 0.230 e. The van der Waals surface area contributed by atoms with Crippen LogP contribution in [0.15, 0.2) is 18.3 Å². The summed E-state index contributed by atoms with van der Waals surface area (Å²) in [6.07, 6.45) is 9.10. The van der Waals surface area contributed by atoms with Crippen molar-refractivity contribution in [2.24, 2.45) is 17.3 Å². The smallest absolute Gasteiger partial charge is 0.230 e. The predicted octanol–water partition coefficient (Wildman–Crippen LogP) is 4.37. The molecule has 4 atom stereocenters. The van der Waals surface area contributed by atoms with E-state index in [1.165, 1.54) is 19.3 Å². The fourth-order valence-electron chi connectivity index (χ4n) is 6.69. The Bertz CT molecular complexity index is 744. The molecule has 28 heavy (non-hydrogen) atoms. The molecule has 1 N–H and O–H groups in total. The second kappa shape index (κ2) is 6.69. The van der Waals surface area contributed by atoms with Crippen molar-refractivity contribution < 1.29 is 9.53 Å². The third-order valence-corrected chi connectivity index (χ3v) is 8.15. The highest BCUT2D eigenvalue weighted by Gasteiger charge is 2.59. The lowest BCUT2D eigenvalue weighted by Gasteiger charge is -2.59. The van der Waals surface area contributed by atoms with Crippen molar-refractivity contribution in [2.75, 3.05) is 23.3 Å². The number of rotatable bonds is 3. The minimum Gasteiger partial charge on any atom is -0.372 e. The fourth-order valence-corrected chi connectivity index (χ4v) is 8.14. The zero-order chi connectivity index (χ0) is 19.5. The molecule has 4 saturated carbocycles. The summed E-state index contributed by atoms with van der Waals surface area (Å²) in [5, 5.41) is 3.20. The molecule has 6 heteroatoms. The van der Waals surface area contributed by atoms with Crippen LogP contribution in [0.25, 0.3) is 0 Å². The Morgan fingerprint density at radius 3 is 2.43 bits per heavy atom. The second-order valence-corrected chi connectivity index (χ2v) is 11.6. The Morgan fingerprint density at radius 2 is 1.86 bits per heavy atom. The zero-order valence-corrected chi connectivity index (χ0v) is 18.4. The number of nitrogens with zero attached hydrogens (tertiary/aromatic N) is 2. The molecule has 4 aliphatic carbocycles. The SMILES string of the molecule is CC1CN(c2ccc(NC(=O)C34CC5CC(CC(Br)(C5)C3)C4)cn2)CC(C)O1. The summed E-state index contributed by atoms with van der Waals surface area (Å²) in [4.78, 5) is 20.2. The molecule has 1 amide bonds. The average molecular weight is 448 g/mol. The summed E-state index contributed by atoms with van der Waals surface area (Å²) in [5.41, 5.74) is 0.615. The molecule has 5 fully saturated rings. The lowest BCUT2D eigenvalue weighted by molar-refractivity contribution is -0.138. The van der Waals surface area contributed by atoms with E-state index in [1.54, 1.807) is 0 Å². The number of hydrogen-bond donors (Lipinski definition) is 1. The standard InChI is InChI=1S/C22H30BrN3O2/c1-14-11-26(12-15(2)28-14)19-4-3-18(10-24-19)25-20(27)21-6-16-5-17(7-21)9-22(23,8-16)13-21/h3-4,10,14-17H,5-9,11-13H2,1-2H3,(H,25,27). The Balaban J connectivity index is 1.28. The van der Waals surface area contributed by atoms with Gasteiger partial charge in [0.05, 0.1) is 29.5 Å². The van der Waals surface area contributed by atoms with E-state index in [0.717, 1.165) is 43.9 Å². The molecule has 4 unspecified atom stereocenters. The third kappa shape index (κ3) is 3.36. The van der Waals surface area contributed by atoms with Crippen molar-refractivity contribution in [1.82, 2.24) is 4.98 Å². The molecule has 1 aliphatic heterocycles. The van der Waals surface area contributed by atoms with Gasteiger partial charge in [-0.2, -0.15) is 0 Å². The first-order valence-corrected chi connectivity index (χ1v) is 11.5. The van der Waals surface area contributed by atoms with E-state index in [9.17, 15) is 4.79 Å². The number of halogens is 1. The normalized spacial score (nSPS) is 41.9. The average Bonchev–Trinajstić information content (AvgIpc) is 2.59. The highest BCUT2D eigenvalue weighted by molar-refractivity contribution is 9.10. The third-order valence-electron chi connectivity index (χ3n) is 7.22. The van der Waals surface area contributed by atoms with Crippen molar-refractivity contribution in [3.63, 3.8) is 0 Å². The van der Waals surface area contributed by atoms with E-state index < -0.39 is 0 Å². The van der Waals surface area contributed by atoms with Crippen molar-refractivity contribution in [3.05, 3.63) is 18.3 Å². The van der Waals surface area contributed by atoms with Crippen LogP contribution in [-0.2, 0) is 9.53 Å². The van der Waals surface area contributed by atoms with E-state index in [2.05, 4.69) is 45.0 Å². The maximum atomic E-state index is 13.3. The number of morpholine rings is 1. The number of anilines is 2. The fraction of sp³-hybridized carbons (Fsp3) is 0.727. The van der Waals surface area contributed by atoms with Gasteiger partial charge in [0.15, 0.2) is 0 Å². The van der Waals surface area contributed by atoms with Crippen LogP contribution in [0.2, 0.25) is 0 Å². The van der Waals surface area contributed by atoms with Gasteiger partial charge in [-0.3, -0.25) is 4.79 Å². The van der Waals surface area contributed by atoms with Crippen LogP contribution in [0.4, 0.5) is 11.5 Å². The van der Waals surface area contributed by atoms with Gasteiger partial charge in [0.25, 0.3) is 0 Å². The summed E-state index contributed by atoms with van der Waals surface area (Å²) in [5.74, 6) is 2.57. The molecule has 0 spiro atoms. The number of carbonyl (C=O) groups is 1. The van der Waals surface area contributed by atoms with Crippen LogP contribution in [0.1, 0.15) is 52.4 Å². The zero-order valence-electron chi connectivity index (χ0n) is 16.8. The molecule has 4 bridgehead atoms. The molecule has 2 heterocycles. The van der Waals surface area contributed by atoms with E-state index in [0.29, 0.717) is 11.8 Å². The van der Waals surface area contributed by atoms with Gasteiger partial charge >= 0.3 is 0 Å². The Morgan fingerprint density at radius 1 is 1.18 bits per heavy atom. The number of alkyl halides is 1. The first-order chi connectivity index (χ1) is 13.3. The van der Waals surface area contributed by atoms with Crippen LogP contribution in [0, 0.1) is 17.3 Å². The second-order valence-electron chi connectivity index (χ2n) is 9.91. The highest BCUT2D eigenvalue weighted by Crippen LogP contribution is 2.64. The van der Waals surface area contributed by atoms with Crippen LogP contribution in [0.3, 0.4) is 0 Å². The predicted molar refractivity (Wildman–Crippen MR) is 114 cm³/mol. The molecule has 5 aliphatic rings. The van der Waals surface area contributed by atoms with Gasteiger partial charge in [-0.1, -0.05) is 15.9 Å². The van der Waals surface area contributed by atoms with Gasteiger partial charge in [-0.15, -0.1) is 0 Å².